The van der Waals surface area contributed by atoms with Crippen LogP contribution in [-0.2, 0) is 6.42 Å². The average molecular weight is 280 g/mol. The Balaban J connectivity index is 1.71. The molecule has 0 bridgehead atoms. The van der Waals surface area contributed by atoms with Crippen molar-refractivity contribution in [2.45, 2.75) is 25.0 Å². The summed E-state index contributed by atoms with van der Waals surface area (Å²) in [5.74, 6) is 1.16. The van der Waals surface area contributed by atoms with Gasteiger partial charge in [-0.15, -0.1) is 0 Å². The Morgan fingerprint density at radius 2 is 2.37 bits per heavy atom. The Morgan fingerprint density at radius 1 is 1.47 bits per heavy atom. The van der Waals surface area contributed by atoms with Crippen LogP contribution in [-0.4, -0.2) is 27.9 Å². The fourth-order valence-corrected chi connectivity index (χ4v) is 2.43. The molecular formula is C13H14ClN3O2. The standard InChI is InChI=1S/C13H14ClN3O2/c14-9-3-1-2-8(4-9)5-12-16-13(19-17-12)11-6-10(18)7-15-11/h1-4,10-11,15,18H,5-7H2/t10-,11+/m1/s1. The van der Waals surface area contributed by atoms with Crippen LogP contribution >= 0.6 is 11.6 Å². The summed E-state index contributed by atoms with van der Waals surface area (Å²) in [7, 11) is 0. The molecule has 2 atom stereocenters. The highest BCUT2D eigenvalue weighted by Gasteiger charge is 2.27. The number of hydrogen-bond acceptors (Lipinski definition) is 5. The third kappa shape index (κ3) is 2.94. The fraction of sp³-hybridized carbons (Fsp3) is 0.385. The van der Waals surface area contributed by atoms with Crippen molar-refractivity contribution < 1.29 is 9.63 Å². The van der Waals surface area contributed by atoms with Gasteiger partial charge in [0.1, 0.15) is 0 Å². The smallest absolute Gasteiger partial charge is 0.243 e. The number of halogens is 1. The highest BCUT2D eigenvalue weighted by molar-refractivity contribution is 6.30. The summed E-state index contributed by atoms with van der Waals surface area (Å²) in [5.41, 5.74) is 1.04. The lowest BCUT2D eigenvalue weighted by molar-refractivity contribution is 0.191. The molecule has 3 rings (SSSR count). The molecule has 100 valence electrons. The predicted molar refractivity (Wildman–Crippen MR) is 69.9 cm³/mol. The molecule has 19 heavy (non-hydrogen) atoms. The number of aliphatic hydroxyl groups is 1. The summed E-state index contributed by atoms with van der Waals surface area (Å²) in [6, 6.07) is 7.54. The second-order valence-electron chi connectivity index (χ2n) is 4.71. The van der Waals surface area contributed by atoms with E-state index in [1.54, 1.807) is 0 Å². The molecule has 1 aromatic heterocycles. The second-order valence-corrected chi connectivity index (χ2v) is 5.14. The van der Waals surface area contributed by atoms with E-state index in [0.717, 1.165) is 5.56 Å². The van der Waals surface area contributed by atoms with E-state index in [4.69, 9.17) is 16.1 Å². The lowest BCUT2D eigenvalue weighted by Crippen LogP contribution is -2.15. The first-order chi connectivity index (χ1) is 9.20. The molecule has 1 aliphatic rings. The van der Waals surface area contributed by atoms with Gasteiger partial charge in [0.05, 0.1) is 12.1 Å². The number of hydrogen-bond donors (Lipinski definition) is 2. The predicted octanol–water partition coefficient (Wildman–Crippen LogP) is 1.71. The van der Waals surface area contributed by atoms with E-state index in [0.29, 0.717) is 36.1 Å². The maximum absolute atomic E-state index is 9.47. The maximum Gasteiger partial charge on any atom is 0.243 e. The lowest BCUT2D eigenvalue weighted by Gasteiger charge is -2.01. The molecule has 2 aromatic rings. The Labute approximate surface area is 115 Å². The number of nitrogens with one attached hydrogen (secondary N) is 1. The van der Waals surface area contributed by atoms with Gasteiger partial charge >= 0.3 is 0 Å². The molecule has 1 aliphatic heterocycles. The van der Waals surface area contributed by atoms with Gasteiger partial charge in [0.2, 0.25) is 5.89 Å². The first-order valence-corrected chi connectivity index (χ1v) is 6.57. The first kappa shape index (κ1) is 12.6. The van der Waals surface area contributed by atoms with E-state index in [1.165, 1.54) is 0 Å². The van der Waals surface area contributed by atoms with Crippen LogP contribution in [0.4, 0.5) is 0 Å². The van der Waals surface area contributed by atoms with Gasteiger partial charge in [-0.1, -0.05) is 28.9 Å². The zero-order valence-electron chi connectivity index (χ0n) is 10.2. The molecule has 5 nitrogen and oxygen atoms in total. The minimum atomic E-state index is -0.340. The van der Waals surface area contributed by atoms with Crippen LogP contribution in [0.1, 0.15) is 29.7 Å². The van der Waals surface area contributed by atoms with Crippen LogP contribution < -0.4 is 5.32 Å². The number of rotatable bonds is 3. The van der Waals surface area contributed by atoms with Crippen molar-refractivity contribution in [3.8, 4) is 0 Å². The van der Waals surface area contributed by atoms with Crippen molar-refractivity contribution >= 4 is 11.6 Å². The van der Waals surface area contributed by atoms with Crippen LogP contribution in [0.5, 0.6) is 0 Å². The van der Waals surface area contributed by atoms with E-state index in [9.17, 15) is 5.11 Å². The molecule has 0 amide bonds. The summed E-state index contributed by atoms with van der Waals surface area (Å²) in [6.45, 7) is 0.566. The number of aromatic nitrogens is 2. The van der Waals surface area contributed by atoms with E-state index in [-0.39, 0.29) is 12.1 Å². The summed E-state index contributed by atoms with van der Waals surface area (Å²) in [6.07, 6.45) is 0.853. The fourth-order valence-electron chi connectivity index (χ4n) is 2.22. The molecule has 0 aliphatic carbocycles. The Bertz CT molecular complexity index is 573. The van der Waals surface area contributed by atoms with Crippen molar-refractivity contribution in [3.05, 3.63) is 46.6 Å². The molecule has 6 heteroatoms. The average Bonchev–Trinajstić information content (AvgIpc) is 2.98. The molecule has 0 spiro atoms. The van der Waals surface area contributed by atoms with Crippen molar-refractivity contribution in [2.75, 3.05) is 6.54 Å². The van der Waals surface area contributed by atoms with Crippen molar-refractivity contribution in [1.82, 2.24) is 15.5 Å². The molecule has 0 saturated carbocycles. The molecule has 1 aromatic carbocycles. The molecule has 0 radical (unpaired) electrons. The number of aliphatic hydroxyl groups excluding tert-OH is 1. The number of benzene rings is 1. The Morgan fingerprint density at radius 3 is 3.11 bits per heavy atom. The van der Waals surface area contributed by atoms with Gasteiger partial charge in [0, 0.05) is 18.0 Å². The second kappa shape index (κ2) is 5.28. The number of β-amino-alcohol motifs (C(OH)–C–C–N with tert-alkyl or cyclic N) is 1. The molecule has 2 N–H and O–H groups in total. The zero-order valence-corrected chi connectivity index (χ0v) is 11.0. The molecule has 1 fully saturated rings. The molecule has 1 saturated heterocycles. The van der Waals surface area contributed by atoms with Gasteiger partial charge in [0.15, 0.2) is 5.82 Å². The van der Waals surface area contributed by atoms with Crippen LogP contribution in [0.15, 0.2) is 28.8 Å². The zero-order chi connectivity index (χ0) is 13.2. The minimum absolute atomic E-state index is 0.0457. The lowest BCUT2D eigenvalue weighted by atomic mass is 10.1. The van der Waals surface area contributed by atoms with Crippen LogP contribution in [0.25, 0.3) is 0 Å². The Kier molecular flexibility index (Phi) is 3.50. The quantitative estimate of drug-likeness (QED) is 0.895. The molecule has 0 unspecified atom stereocenters. The summed E-state index contributed by atoms with van der Waals surface area (Å²) < 4.78 is 5.23. The third-order valence-corrected chi connectivity index (χ3v) is 3.38. The van der Waals surface area contributed by atoms with Gasteiger partial charge in [-0.2, -0.15) is 4.98 Å². The van der Waals surface area contributed by atoms with E-state index >= 15 is 0 Å². The van der Waals surface area contributed by atoms with Crippen LogP contribution in [0, 0.1) is 0 Å². The van der Waals surface area contributed by atoms with E-state index < -0.39 is 0 Å². The Hall–Kier alpha value is -1.43. The van der Waals surface area contributed by atoms with Crippen molar-refractivity contribution in [2.24, 2.45) is 0 Å². The van der Waals surface area contributed by atoms with Gasteiger partial charge < -0.3 is 14.9 Å². The minimum Gasteiger partial charge on any atom is -0.392 e. The van der Waals surface area contributed by atoms with Gasteiger partial charge in [-0.05, 0) is 24.1 Å². The third-order valence-electron chi connectivity index (χ3n) is 3.14. The summed E-state index contributed by atoms with van der Waals surface area (Å²) >= 11 is 5.93. The highest BCUT2D eigenvalue weighted by atomic mass is 35.5. The summed E-state index contributed by atoms with van der Waals surface area (Å²) in [4.78, 5) is 4.36. The van der Waals surface area contributed by atoms with Gasteiger partial charge in [0.25, 0.3) is 0 Å². The highest BCUT2D eigenvalue weighted by Crippen LogP contribution is 2.22. The summed E-state index contributed by atoms with van der Waals surface area (Å²) in [5, 5.41) is 17.3. The monoisotopic (exact) mass is 279 g/mol. The van der Waals surface area contributed by atoms with Gasteiger partial charge in [-0.25, -0.2) is 0 Å². The van der Waals surface area contributed by atoms with E-state index in [1.807, 2.05) is 24.3 Å². The van der Waals surface area contributed by atoms with E-state index in [2.05, 4.69) is 15.5 Å². The topological polar surface area (TPSA) is 71.2 Å². The normalized spacial score (nSPS) is 22.8. The van der Waals surface area contributed by atoms with Crippen LogP contribution in [0.2, 0.25) is 5.02 Å². The SMILES string of the molecule is O[C@H]1CN[C@H](c2nc(Cc3cccc(Cl)c3)no2)C1. The maximum atomic E-state index is 9.47. The number of nitrogens with zero attached hydrogens (tertiary/aromatic N) is 2. The molecular weight excluding hydrogens is 266 g/mol. The van der Waals surface area contributed by atoms with Crippen molar-refractivity contribution in [3.63, 3.8) is 0 Å². The first-order valence-electron chi connectivity index (χ1n) is 6.19. The molecule has 2 heterocycles. The van der Waals surface area contributed by atoms with Crippen LogP contribution in [0.3, 0.4) is 0 Å². The van der Waals surface area contributed by atoms with Gasteiger partial charge in [-0.3, -0.25) is 0 Å². The largest absolute Gasteiger partial charge is 0.392 e. The van der Waals surface area contributed by atoms with Crippen molar-refractivity contribution in [1.29, 1.82) is 0 Å².